The first-order valence-electron chi connectivity index (χ1n) is 14.4. The number of nitrogens with zero attached hydrogens (tertiary/aromatic N) is 3. The van der Waals surface area contributed by atoms with Gasteiger partial charge in [-0.05, 0) is 38.4 Å². The van der Waals surface area contributed by atoms with Gasteiger partial charge in [0.2, 0.25) is 12.6 Å². The number of methoxy groups -OCH3 is 2. The van der Waals surface area contributed by atoms with Crippen LogP contribution in [0.1, 0.15) is 50.7 Å². The molecular formula is C31H33AcN3O9S. The van der Waals surface area contributed by atoms with Crippen molar-refractivity contribution in [3.05, 3.63) is 50.9 Å². The van der Waals surface area contributed by atoms with Crippen LogP contribution < -0.4 is 18.9 Å². The molecule has 0 saturated carbocycles. The molecule has 0 amide bonds. The van der Waals surface area contributed by atoms with E-state index in [-0.39, 0.29) is 87.8 Å². The van der Waals surface area contributed by atoms with Gasteiger partial charge in [0.1, 0.15) is 18.4 Å². The number of likely N-dealkylation sites (N-methyl/N-ethyl adjacent to an activating group) is 1. The molecule has 7 rings (SSSR count). The van der Waals surface area contributed by atoms with E-state index in [4.69, 9.17) is 35.0 Å². The van der Waals surface area contributed by atoms with Crippen LogP contribution in [0.25, 0.3) is 4.85 Å². The minimum atomic E-state index is -0.914. The number of benzene rings is 2. The molecule has 14 heteroatoms. The molecule has 5 aliphatic rings. The minimum Gasteiger partial charge on any atom is -0.507 e. The Morgan fingerprint density at radius 3 is 2.58 bits per heavy atom. The molecule has 0 aliphatic carbocycles. The Balaban J connectivity index is 0.00000357. The second-order valence-electron chi connectivity index (χ2n) is 11.7. The molecule has 5 heterocycles. The number of aromatic hydroxyl groups is 1. The van der Waals surface area contributed by atoms with Crippen LogP contribution in [0.2, 0.25) is 0 Å². The van der Waals surface area contributed by atoms with Gasteiger partial charge in [0.15, 0.2) is 29.8 Å². The molecule has 45 heavy (non-hydrogen) atoms. The zero-order chi connectivity index (χ0) is 31.0. The SMILES string of the molecule is [Ac].[C-]#[N+][C@H]1[C@@H]2Cc3cc(C)c(OC)c(OCOC)c3[C@H](C3[C@@H]4SCC(=O)C(=O)OC[C@H](c5c6c(c(C)c(O)c54)OCO6)N31)N2C. The number of piperazine rings is 1. The molecule has 1 N–H and O–H groups in total. The summed E-state index contributed by atoms with van der Waals surface area (Å²) >= 11 is 1.26. The van der Waals surface area contributed by atoms with E-state index in [1.165, 1.54) is 11.8 Å². The summed E-state index contributed by atoms with van der Waals surface area (Å²) in [4.78, 5) is 34.1. The van der Waals surface area contributed by atoms with Crippen molar-refractivity contribution in [1.82, 2.24) is 9.80 Å². The van der Waals surface area contributed by atoms with Gasteiger partial charge in [-0.1, -0.05) is 6.07 Å². The van der Waals surface area contributed by atoms with Gasteiger partial charge in [0.25, 0.3) is 6.17 Å². The second kappa shape index (κ2) is 12.4. The van der Waals surface area contributed by atoms with Crippen LogP contribution in [-0.4, -0.2) is 92.1 Å². The number of rotatable bonds is 4. The Morgan fingerprint density at radius 1 is 1.11 bits per heavy atom. The van der Waals surface area contributed by atoms with E-state index in [0.29, 0.717) is 46.1 Å². The van der Waals surface area contributed by atoms with Crippen LogP contribution in [0, 0.1) is 64.5 Å². The van der Waals surface area contributed by atoms with Crippen molar-refractivity contribution in [3.63, 3.8) is 0 Å². The number of hydrogen-bond donors (Lipinski definition) is 1. The van der Waals surface area contributed by atoms with Gasteiger partial charge in [0, 0.05) is 73.4 Å². The number of carbonyl (C=O) groups excluding carboxylic acids is 2. The third-order valence-corrected chi connectivity index (χ3v) is 10.9. The van der Waals surface area contributed by atoms with Gasteiger partial charge in [-0.2, -0.15) is 0 Å². The number of ether oxygens (including phenoxy) is 6. The van der Waals surface area contributed by atoms with Crippen molar-refractivity contribution in [1.29, 1.82) is 0 Å². The number of Topliss-reactive ketones (excluding diaryl/α,β-unsaturated/α-hetero) is 1. The van der Waals surface area contributed by atoms with Crippen LogP contribution in [0.5, 0.6) is 28.7 Å². The first-order chi connectivity index (χ1) is 21.2. The third kappa shape index (κ3) is 4.76. The van der Waals surface area contributed by atoms with Crippen LogP contribution in [0.4, 0.5) is 0 Å². The summed E-state index contributed by atoms with van der Waals surface area (Å²) in [5, 5.41) is 11.3. The van der Waals surface area contributed by atoms with Crippen molar-refractivity contribution >= 4 is 23.5 Å². The summed E-state index contributed by atoms with van der Waals surface area (Å²) < 4.78 is 34.9. The fourth-order valence-corrected chi connectivity index (χ4v) is 9.18. The summed E-state index contributed by atoms with van der Waals surface area (Å²) in [7, 11) is 5.17. The molecule has 5 aliphatic heterocycles. The predicted molar refractivity (Wildman–Crippen MR) is 157 cm³/mol. The van der Waals surface area contributed by atoms with E-state index >= 15 is 0 Å². The number of ketones is 1. The first kappa shape index (κ1) is 32.7. The molecule has 235 valence electrons. The molecule has 2 fully saturated rings. The third-order valence-electron chi connectivity index (χ3n) is 9.59. The van der Waals surface area contributed by atoms with Gasteiger partial charge in [-0.3, -0.25) is 14.5 Å². The molecule has 1 unspecified atom stereocenters. The molecule has 2 aromatic carbocycles. The number of hydrogen-bond acceptors (Lipinski definition) is 12. The Labute approximate surface area is 300 Å². The van der Waals surface area contributed by atoms with E-state index in [2.05, 4.69) is 20.7 Å². The predicted octanol–water partition coefficient (Wildman–Crippen LogP) is 3.21. The van der Waals surface area contributed by atoms with Crippen molar-refractivity contribution < 1.29 is 87.2 Å². The zero-order valence-corrected chi connectivity index (χ0v) is 31.2. The van der Waals surface area contributed by atoms with E-state index in [0.717, 1.165) is 16.7 Å². The normalized spacial score (nSPS) is 28.2. The summed E-state index contributed by atoms with van der Waals surface area (Å²) in [6, 6.07) is 0.375. The van der Waals surface area contributed by atoms with E-state index < -0.39 is 35.3 Å². The van der Waals surface area contributed by atoms with Crippen LogP contribution >= 0.6 is 11.8 Å². The standard InChI is InChI=1S/C31H33N3O9S.Ac/c1-13-7-15-8-16-30(32-3)34-17-9-40-31(37)18(35)10-44-29(21-20(17)28-26(42-12-43-28)14(2)24(21)36)23(34)22(33(16)4)19(15)27(25(13)39-6)41-11-38-5;/h7,16-17,22-23,29-30,36H,8-12H2,1-2,4-6H3;/t16-,17+,22+,23?,29+,30+;/m0./s1. The number of fused-ring (bicyclic) bond motifs is 9. The van der Waals surface area contributed by atoms with Gasteiger partial charge < -0.3 is 33.5 Å². The van der Waals surface area contributed by atoms with E-state index in [1.54, 1.807) is 21.1 Å². The Morgan fingerprint density at radius 2 is 1.87 bits per heavy atom. The number of cyclic esters (lactones) is 1. The van der Waals surface area contributed by atoms with Gasteiger partial charge in [0.05, 0.1) is 36.2 Å². The summed E-state index contributed by atoms with van der Waals surface area (Å²) in [6.45, 7) is 12.0. The number of aryl methyl sites for hydroxylation is 1. The average Bonchev–Trinajstić information content (AvgIpc) is 3.50. The van der Waals surface area contributed by atoms with Crippen LogP contribution in [-0.2, 0) is 25.5 Å². The summed E-state index contributed by atoms with van der Waals surface area (Å²) in [5.74, 6) is 0.380. The molecule has 4 bridgehead atoms. The van der Waals surface area contributed by atoms with Crippen molar-refractivity contribution in [3.8, 4) is 28.7 Å². The molecule has 2 aromatic rings. The zero-order valence-electron chi connectivity index (χ0n) is 25.6. The molecule has 0 spiro atoms. The van der Waals surface area contributed by atoms with E-state index in [9.17, 15) is 14.7 Å². The number of phenolic OH excluding ortho intramolecular Hbond substituents is 1. The molecular weight excluding hydrogens is 817 g/mol. The fraction of sp³-hybridized carbons (Fsp3) is 0.516. The largest absolute Gasteiger partial charge is 0.507 e. The Hall–Kier alpha value is -2.26. The first-order valence-corrected chi connectivity index (χ1v) is 15.4. The second-order valence-corrected chi connectivity index (χ2v) is 12.8. The smallest absolute Gasteiger partial charge is 0.375 e. The minimum absolute atomic E-state index is 0. The Bertz CT molecular complexity index is 1630. The van der Waals surface area contributed by atoms with Crippen LogP contribution in [0.3, 0.4) is 0 Å². The molecule has 0 aromatic heterocycles. The molecule has 12 nitrogen and oxygen atoms in total. The van der Waals surface area contributed by atoms with Crippen molar-refractivity contribution in [2.45, 2.75) is 55.9 Å². The van der Waals surface area contributed by atoms with E-state index in [1.807, 2.05) is 14.0 Å². The maximum Gasteiger partial charge on any atom is 0.375 e. The monoisotopic (exact) mass is 850 g/mol. The number of phenols is 1. The van der Waals surface area contributed by atoms with Crippen molar-refractivity contribution in [2.75, 3.05) is 47.2 Å². The molecule has 6 atom stereocenters. The number of thioether (sulfide) groups is 1. The van der Waals surface area contributed by atoms with Gasteiger partial charge >= 0.3 is 5.97 Å². The summed E-state index contributed by atoms with van der Waals surface area (Å²) in [6.07, 6.45) is -0.0732. The van der Waals surface area contributed by atoms with Crippen LogP contribution in [0.15, 0.2) is 6.07 Å². The Kier molecular flexibility index (Phi) is 9.01. The quantitative estimate of drug-likeness (QED) is 0.211. The number of carbonyl (C=O) groups is 2. The van der Waals surface area contributed by atoms with Gasteiger partial charge in [-0.25, -0.2) is 16.3 Å². The van der Waals surface area contributed by atoms with Crippen molar-refractivity contribution in [2.24, 2.45) is 0 Å². The topological polar surface area (TPSA) is 121 Å². The maximum absolute atomic E-state index is 12.9. The average molecular weight is 851 g/mol. The molecule has 2 saturated heterocycles. The number of esters is 1. The fourth-order valence-electron chi connectivity index (χ4n) is 7.84. The van der Waals surface area contributed by atoms with Gasteiger partial charge in [-0.15, -0.1) is 11.8 Å². The maximum atomic E-state index is 12.9. The summed E-state index contributed by atoms with van der Waals surface area (Å²) in [5.41, 5.74) is 4.63. The molecule has 1 radical (unpaired) electrons.